The molecule has 2 aliphatic heterocycles. The van der Waals surface area contributed by atoms with Crippen LogP contribution in [0.3, 0.4) is 0 Å². The Bertz CT molecular complexity index is 3970. The molecule has 3 aromatic carbocycles. The molecule has 11 N–H and O–H groups in total. The molecule has 6 aliphatic rings. The van der Waals surface area contributed by atoms with Crippen LogP contribution in [0.4, 0.5) is 29.7 Å². The van der Waals surface area contributed by atoms with Crippen molar-refractivity contribution in [1.82, 2.24) is 37.2 Å². The lowest BCUT2D eigenvalue weighted by Gasteiger charge is -2.63. The first-order valence-corrected chi connectivity index (χ1v) is 37.7. The van der Waals surface area contributed by atoms with Crippen molar-refractivity contribution in [2.45, 2.75) is 160 Å². The molecule has 30 nitrogen and oxygen atoms in total. The molecular weight excluding hydrogens is 1450 g/mol. The highest BCUT2D eigenvalue weighted by Gasteiger charge is 2.80. The molecule has 1 saturated heterocycles. The first-order chi connectivity index (χ1) is 53.2. The van der Waals surface area contributed by atoms with E-state index < -0.39 is 156 Å². The van der Waals surface area contributed by atoms with Gasteiger partial charge in [-0.1, -0.05) is 94.5 Å². The van der Waals surface area contributed by atoms with Crippen LogP contribution in [0.1, 0.15) is 121 Å². The lowest BCUT2D eigenvalue weighted by atomic mass is 9.44. The maximum atomic E-state index is 17.9. The van der Waals surface area contributed by atoms with E-state index >= 15 is 8.78 Å². The van der Waals surface area contributed by atoms with Crippen molar-refractivity contribution in [3.05, 3.63) is 119 Å². The summed E-state index contributed by atoms with van der Waals surface area (Å²) in [5, 5.41) is 32.4. The van der Waals surface area contributed by atoms with Crippen LogP contribution >= 0.6 is 0 Å². The van der Waals surface area contributed by atoms with Crippen LogP contribution in [0.15, 0.2) is 96.6 Å². The quantitative estimate of drug-likeness (QED) is 0.0216. The molecule has 0 bridgehead atoms. The molecule has 111 heavy (non-hydrogen) atoms. The first-order valence-electron chi connectivity index (χ1n) is 37.7. The molecule has 0 aromatic heterocycles. The average molecular weight is 1550 g/mol. The molecule has 3 aromatic rings. The van der Waals surface area contributed by atoms with Gasteiger partial charge in [0.25, 0.3) is 0 Å². The van der Waals surface area contributed by atoms with E-state index in [2.05, 4.69) is 54.4 Å². The zero-order valence-electron chi connectivity index (χ0n) is 63.2. The van der Waals surface area contributed by atoms with Gasteiger partial charge in [-0.2, -0.15) is 0 Å². The molecule has 4 fully saturated rings. The first kappa shape index (κ1) is 85.4. The number of carbonyl (C=O) groups is 11. The molecule has 3 saturated carbocycles. The summed E-state index contributed by atoms with van der Waals surface area (Å²) in [7, 11) is 0. The van der Waals surface area contributed by atoms with Gasteiger partial charge in [0.1, 0.15) is 44.7 Å². The van der Waals surface area contributed by atoms with E-state index in [9.17, 15) is 57.8 Å². The Balaban J connectivity index is 0.606. The fourth-order valence-corrected chi connectivity index (χ4v) is 15.5. The number of ketones is 2. The van der Waals surface area contributed by atoms with E-state index in [1.54, 1.807) is 37.8 Å². The van der Waals surface area contributed by atoms with Crippen LogP contribution in [0.25, 0.3) is 0 Å². The topological polar surface area (TPSA) is 407 Å². The highest BCUT2D eigenvalue weighted by molar-refractivity contribution is 6.02. The number of ether oxygens (including phenoxy) is 8. The van der Waals surface area contributed by atoms with Crippen LogP contribution in [-0.4, -0.2) is 211 Å². The number of rotatable bonds is 41. The zero-order chi connectivity index (χ0) is 79.9. The van der Waals surface area contributed by atoms with E-state index in [1.807, 2.05) is 55.5 Å². The third-order valence-electron chi connectivity index (χ3n) is 21.2. The Morgan fingerprint density at radius 3 is 2.10 bits per heavy atom. The molecule has 0 radical (unpaired) electrons. The minimum Gasteiger partial charge on any atom is -0.445 e. The minimum absolute atomic E-state index is 0.0185. The van der Waals surface area contributed by atoms with Gasteiger partial charge < -0.3 is 96.2 Å². The van der Waals surface area contributed by atoms with Crippen LogP contribution < -0.4 is 53.2 Å². The van der Waals surface area contributed by atoms with Gasteiger partial charge in [-0.3, -0.25) is 43.2 Å². The number of nitrogens with two attached hydrogens (primary N) is 1. The highest BCUT2D eigenvalue weighted by atomic mass is 19.1. The number of hydrogen-bond acceptors (Lipinski definition) is 20. The van der Waals surface area contributed by atoms with Crippen molar-refractivity contribution < 1.29 is 105 Å². The summed E-state index contributed by atoms with van der Waals surface area (Å²) in [6.45, 7) is 8.65. The average Bonchev–Trinajstić information content (AvgIpc) is 1.55. The Morgan fingerprint density at radius 1 is 0.721 bits per heavy atom. The Labute approximate surface area is 643 Å². The van der Waals surface area contributed by atoms with Gasteiger partial charge in [0.2, 0.25) is 41.4 Å². The summed E-state index contributed by atoms with van der Waals surface area (Å²) in [4.78, 5) is 144. The van der Waals surface area contributed by atoms with Crippen LogP contribution in [0, 0.1) is 40.4 Å². The van der Waals surface area contributed by atoms with Crippen molar-refractivity contribution in [3.8, 4) is 11.8 Å². The molecule has 2 heterocycles. The second kappa shape index (κ2) is 40.0. The molecular formula is C79H102F2N10O20. The van der Waals surface area contributed by atoms with Crippen molar-refractivity contribution in [1.29, 1.82) is 0 Å². The number of carbonyl (C=O) groups excluding carboxylic acids is 11. The number of nitrogens with one attached hydrogen (secondary N) is 8. The van der Waals surface area contributed by atoms with E-state index in [4.69, 9.17) is 43.6 Å². The Hall–Kier alpha value is -9.59. The van der Waals surface area contributed by atoms with E-state index in [1.165, 1.54) is 31.2 Å². The van der Waals surface area contributed by atoms with Crippen molar-refractivity contribution in [2.75, 3.05) is 103 Å². The summed E-state index contributed by atoms with van der Waals surface area (Å²) in [5.41, 5.74) is 2.24. The fraction of sp³-hybridized carbons (Fsp3) is 0.557. The summed E-state index contributed by atoms with van der Waals surface area (Å²) in [6.07, 6.45) is -1.48. The lowest BCUT2D eigenvalue weighted by molar-refractivity contribution is -0.235. The standard InChI is InChI=1S/C79H102F2N10O20/c1-6-12-70-110-64-41-56-57-40-59(80)58-39-55(92)26-28-76(58,4)78(57,81)62(93)42-77(56,5)79(64,111-70)63(94)47-108-48-87-68(98)43-85-67(97)44-86-75(103)109-46-50-18-22-54(23-19-50)88-72(100)60(16-11-29-84-74(82)102)89-73(101)71(49(2)3)90-66(96)27-31-104-33-35-106-37-38-107-36-34-105-32-30-83-65(95)24-25-69(99)91-45-53-15-8-7-13-51(53)20-21-52-14-9-10-17-61(52)91/h7-10,13-15,17-19,22-23,26,28,39,49,56-57,59-60,62,64,70-71,93H,6,11-12,16,24-25,27,29-38,40-48H2,1-5H3,(H,83,95)(H,85,97)(H,86,103)(H,87,98)(H,88,100)(H,89,101)(H,90,96)(H3,82,84,102)/t56-,57-,59-,60-,62-,64+,70?,71-,76-,77-,78-,79+/m0/s1. The molecule has 32 heteroatoms. The predicted molar refractivity (Wildman–Crippen MR) is 397 cm³/mol. The summed E-state index contributed by atoms with van der Waals surface area (Å²) in [6, 6.07) is 18.3. The smallest absolute Gasteiger partial charge is 0.407 e. The van der Waals surface area contributed by atoms with Crippen LogP contribution in [0.5, 0.6) is 0 Å². The van der Waals surface area contributed by atoms with E-state index in [0.717, 1.165) is 22.8 Å². The van der Waals surface area contributed by atoms with Gasteiger partial charge in [0.05, 0.1) is 83.8 Å². The maximum absolute atomic E-state index is 17.9. The number of hydrogen-bond donors (Lipinski definition) is 10. The van der Waals surface area contributed by atoms with Crippen molar-refractivity contribution in [3.63, 3.8) is 0 Å². The Morgan fingerprint density at radius 2 is 1.39 bits per heavy atom. The monoisotopic (exact) mass is 1550 g/mol. The number of urea groups is 1. The van der Waals surface area contributed by atoms with Gasteiger partial charge in [-0.15, -0.1) is 0 Å². The molecule has 10 amide bonds. The van der Waals surface area contributed by atoms with Crippen molar-refractivity contribution >= 4 is 76.4 Å². The number of alkyl halides is 2. The lowest BCUT2D eigenvalue weighted by Crippen LogP contribution is -2.71. The number of aliphatic hydroxyl groups excluding tert-OH is 1. The molecule has 9 rings (SSSR count). The largest absolute Gasteiger partial charge is 0.445 e. The number of halogens is 2. The maximum Gasteiger partial charge on any atom is 0.407 e. The van der Waals surface area contributed by atoms with Gasteiger partial charge >= 0.3 is 12.1 Å². The molecule has 12 atom stereocenters. The second-order valence-electron chi connectivity index (χ2n) is 28.9. The molecule has 602 valence electrons. The summed E-state index contributed by atoms with van der Waals surface area (Å²) < 4.78 is 80.0. The summed E-state index contributed by atoms with van der Waals surface area (Å²) >= 11 is 0. The number of anilines is 2. The normalized spacial score (nSPS) is 24.3. The van der Waals surface area contributed by atoms with Crippen LogP contribution in [-0.2, 0) is 94.2 Å². The number of para-hydroxylation sites is 1. The second-order valence-corrected chi connectivity index (χ2v) is 28.9. The van der Waals surface area contributed by atoms with Gasteiger partial charge in [-0.05, 0) is 116 Å². The molecule has 1 unspecified atom stereocenters. The summed E-state index contributed by atoms with van der Waals surface area (Å²) in [5.74, 6) is -0.493. The van der Waals surface area contributed by atoms with Crippen molar-refractivity contribution in [2.24, 2.45) is 34.3 Å². The van der Waals surface area contributed by atoms with Gasteiger partial charge in [-0.25, -0.2) is 18.4 Å². The zero-order valence-corrected chi connectivity index (χ0v) is 63.2. The minimum atomic E-state index is -2.38. The van der Waals surface area contributed by atoms with E-state index in [-0.39, 0.29) is 135 Å². The third-order valence-corrected chi connectivity index (χ3v) is 21.2. The fourth-order valence-electron chi connectivity index (χ4n) is 15.5. The number of Topliss-reactive ketones (excluding diaryl/α,β-unsaturated/α-hetero) is 1. The molecule has 0 spiro atoms. The number of alkyl carbamates (subject to hydrolysis) is 1. The highest BCUT2D eigenvalue weighted by Crippen LogP contribution is 2.72. The number of allylic oxidation sites excluding steroid dienone is 4. The number of amides is 10. The molecule has 4 aliphatic carbocycles. The number of benzene rings is 3. The SMILES string of the molecule is CCCC1O[C@@H]2C[C@H]3[C@@H]4C[C@H](F)C5=CC(=O)C=C[C@]5(C)[C@@]4(F)[C@@H](O)C[C@]3(C)[C@]2(C(=O)COCNC(=O)CNC(=O)CNC(=O)OCc2ccc(NC(=O)[C@H](CCCNC(N)=O)NC(=O)[C@@H](NC(=O)CCOCCOCCOCCOCCNC(=O)CCC(=O)N3Cc4ccccc4C#Cc4ccccc43)C(C)C)cc2)O1. The Kier molecular flexibility index (Phi) is 30.8. The number of nitrogens with zero attached hydrogens (tertiary/aromatic N) is 1. The van der Waals surface area contributed by atoms with E-state index in [0.29, 0.717) is 42.9 Å². The predicted octanol–water partition coefficient (Wildman–Crippen LogP) is 4.21. The van der Waals surface area contributed by atoms with Gasteiger partial charge in [0, 0.05) is 65.9 Å². The van der Waals surface area contributed by atoms with Gasteiger partial charge in [0.15, 0.2) is 29.1 Å². The third kappa shape index (κ3) is 21.6. The number of primary amides is 1. The number of fused-ring (bicyclic) bond motifs is 9. The van der Waals surface area contributed by atoms with Crippen LogP contribution in [0.2, 0.25) is 0 Å². The number of aliphatic hydroxyl groups is 1.